The van der Waals surface area contributed by atoms with Crippen molar-refractivity contribution < 1.29 is 14.5 Å². The van der Waals surface area contributed by atoms with Crippen molar-refractivity contribution in [2.24, 2.45) is 5.10 Å². The molecule has 0 atom stereocenters. The quantitative estimate of drug-likeness (QED) is 0.364. The second-order valence-electron chi connectivity index (χ2n) is 4.90. The molecule has 124 valence electrons. The van der Waals surface area contributed by atoms with Crippen molar-refractivity contribution in [3.63, 3.8) is 0 Å². The third-order valence-electron chi connectivity index (χ3n) is 3.07. The summed E-state index contributed by atoms with van der Waals surface area (Å²) in [5.74, 6) is -0.0936. The fraction of sp³-hybridized carbons (Fsp3) is 0.125. The van der Waals surface area contributed by atoms with Crippen LogP contribution in [0.25, 0.3) is 0 Å². The molecule has 0 unspecified atom stereocenters. The fourth-order valence-electron chi connectivity index (χ4n) is 1.82. The number of nitrogen functional groups attached to an aromatic ring is 1. The van der Waals surface area contributed by atoms with Crippen LogP contribution in [0, 0.1) is 10.1 Å². The van der Waals surface area contributed by atoms with E-state index in [1.54, 1.807) is 25.1 Å². The van der Waals surface area contributed by atoms with E-state index < -0.39 is 10.8 Å². The van der Waals surface area contributed by atoms with Gasteiger partial charge in [0.05, 0.1) is 10.6 Å². The number of nitrogens with two attached hydrogens (primary N) is 1. The molecule has 2 aromatic rings. The molecular formula is C16H16N4O4. The Morgan fingerprint density at radius 1 is 1.29 bits per heavy atom. The molecule has 2 aromatic carbocycles. The van der Waals surface area contributed by atoms with Gasteiger partial charge in [0.2, 0.25) is 0 Å². The topological polar surface area (TPSA) is 120 Å². The number of amides is 1. The molecule has 0 aliphatic carbocycles. The predicted octanol–water partition coefficient (Wildman–Crippen LogP) is 2.10. The van der Waals surface area contributed by atoms with Gasteiger partial charge in [-0.15, -0.1) is 0 Å². The Balaban J connectivity index is 1.87. The molecule has 0 aliphatic rings. The summed E-state index contributed by atoms with van der Waals surface area (Å²) < 4.78 is 5.24. The van der Waals surface area contributed by atoms with Gasteiger partial charge in [0.15, 0.2) is 6.61 Å². The maximum absolute atomic E-state index is 11.7. The standard InChI is InChI=1S/C16H16N4O4/c1-11(12-3-2-4-13(17)9-12)18-19-16(21)10-24-15-7-5-14(6-8-15)20(22)23/h2-9H,10,17H2,1H3,(H,19,21)/b18-11+. The van der Waals surface area contributed by atoms with E-state index in [0.717, 1.165) is 5.56 Å². The third kappa shape index (κ3) is 4.80. The van der Waals surface area contributed by atoms with Gasteiger partial charge in [-0.1, -0.05) is 12.1 Å². The Morgan fingerprint density at radius 3 is 2.62 bits per heavy atom. The highest BCUT2D eigenvalue weighted by Gasteiger charge is 2.06. The summed E-state index contributed by atoms with van der Waals surface area (Å²) in [4.78, 5) is 21.8. The lowest BCUT2D eigenvalue weighted by Gasteiger charge is -2.06. The smallest absolute Gasteiger partial charge is 0.277 e. The van der Waals surface area contributed by atoms with Gasteiger partial charge in [0, 0.05) is 17.8 Å². The van der Waals surface area contributed by atoms with Gasteiger partial charge in [0.25, 0.3) is 11.6 Å². The number of ether oxygens (including phenoxy) is 1. The lowest BCUT2D eigenvalue weighted by molar-refractivity contribution is -0.384. The second kappa shape index (κ2) is 7.73. The van der Waals surface area contributed by atoms with Crippen LogP contribution >= 0.6 is 0 Å². The Hall–Kier alpha value is -3.42. The molecule has 0 aliphatic heterocycles. The number of benzene rings is 2. The molecule has 0 fully saturated rings. The number of carbonyl (C=O) groups is 1. The summed E-state index contributed by atoms with van der Waals surface area (Å²) in [5, 5.41) is 14.5. The number of nitrogens with one attached hydrogen (secondary N) is 1. The van der Waals surface area contributed by atoms with Crippen LogP contribution in [-0.4, -0.2) is 23.1 Å². The zero-order valence-electron chi connectivity index (χ0n) is 12.9. The number of non-ortho nitro benzene ring substituents is 1. The van der Waals surface area contributed by atoms with Gasteiger partial charge in [0.1, 0.15) is 5.75 Å². The zero-order chi connectivity index (χ0) is 17.5. The number of hydrogen-bond donors (Lipinski definition) is 2. The third-order valence-corrected chi connectivity index (χ3v) is 3.07. The SMILES string of the molecule is C/C(=N\NC(=O)COc1ccc([N+](=O)[O-])cc1)c1cccc(N)c1. The first-order valence-electron chi connectivity index (χ1n) is 7.02. The van der Waals surface area contributed by atoms with Crippen LogP contribution in [0.15, 0.2) is 53.6 Å². The molecule has 3 N–H and O–H groups in total. The monoisotopic (exact) mass is 328 g/mol. The summed E-state index contributed by atoms with van der Waals surface area (Å²) in [6.07, 6.45) is 0. The fourth-order valence-corrected chi connectivity index (χ4v) is 1.82. The average Bonchev–Trinajstić information content (AvgIpc) is 2.58. The van der Waals surface area contributed by atoms with E-state index in [1.807, 2.05) is 6.07 Å². The molecule has 0 bridgehead atoms. The molecule has 0 spiro atoms. The number of hydrazone groups is 1. The Kier molecular flexibility index (Phi) is 5.45. The predicted molar refractivity (Wildman–Crippen MR) is 89.8 cm³/mol. The van der Waals surface area contributed by atoms with Crippen molar-refractivity contribution in [1.29, 1.82) is 0 Å². The maximum Gasteiger partial charge on any atom is 0.277 e. The molecule has 8 heteroatoms. The van der Waals surface area contributed by atoms with Crippen molar-refractivity contribution in [1.82, 2.24) is 5.43 Å². The zero-order valence-corrected chi connectivity index (χ0v) is 12.9. The molecule has 0 saturated heterocycles. The number of anilines is 1. The van der Waals surface area contributed by atoms with Crippen LogP contribution in [0.2, 0.25) is 0 Å². The van der Waals surface area contributed by atoms with Crippen LogP contribution < -0.4 is 15.9 Å². The van der Waals surface area contributed by atoms with Crippen molar-refractivity contribution >= 4 is 23.0 Å². The normalized spacial score (nSPS) is 11.0. The highest BCUT2D eigenvalue weighted by Crippen LogP contribution is 2.17. The van der Waals surface area contributed by atoms with E-state index in [0.29, 0.717) is 17.1 Å². The van der Waals surface area contributed by atoms with E-state index in [4.69, 9.17) is 10.5 Å². The molecule has 0 saturated carbocycles. The van der Waals surface area contributed by atoms with Crippen molar-refractivity contribution in [2.45, 2.75) is 6.92 Å². The number of nitro benzene ring substituents is 1. The summed E-state index contributed by atoms with van der Waals surface area (Å²) in [5.41, 5.74) is 10.0. The van der Waals surface area contributed by atoms with Gasteiger partial charge in [-0.25, -0.2) is 5.43 Å². The molecule has 2 rings (SSSR count). The largest absolute Gasteiger partial charge is 0.484 e. The van der Waals surface area contributed by atoms with E-state index >= 15 is 0 Å². The van der Waals surface area contributed by atoms with Crippen LogP contribution in [0.5, 0.6) is 5.75 Å². The second-order valence-corrected chi connectivity index (χ2v) is 4.90. The number of hydrogen-bond acceptors (Lipinski definition) is 6. The van der Waals surface area contributed by atoms with Gasteiger partial charge in [-0.2, -0.15) is 5.10 Å². The Bertz CT molecular complexity index is 772. The van der Waals surface area contributed by atoms with E-state index in [-0.39, 0.29) is 12.3 Å². The minimum Gasteiger partial charge on any atom is -0.484 e. The van der Waals surface area contributed by atoms with Crippen molar-refractivity contribution in [3.05, 3.63) is 64.2 Å². The van der Waals surface area contributed by atoms with Crippen LogP contribution in [0.4, 0.5) is 11.4 Å². The summed E-state index contributed by atoms with van der Waals surface area (Å²) >= 11 is 0. The average molecular weight is 328 g/mol. The highest BCUT2D eigenvalue weighted by molar-refractivity contribution is 5.99. The summed E-state index contributed by atoms with van der Waals surface area (Å²) in [6, 6.07) is 12.6. The summed E-state index contributed by atoms with van der Waals surface area (Å²) in [7, 11) is 0. The van der Waals surface area contributed by atoms with Gasteiger partial charge < -0.3 is 10.5 Å². The van der Waals surface area contributed by atoms with Gasteiger partial charge in [-0.05, 0) is 36.8 Å². The van der Waals surface area contributed by atoms with Gasteiger partial charge >= 0.3 is 0 Å². The minimum absolute atomic E-state index is 0.0471. The number of carbonyl (C=O) groups excluding carboxylic acids is 1. The van der Waals surface area contributed by atoms with Crippen molar-refractivity contribution in [3.8, 4) is 5.75 Å². The van der Waals surface area contributed by atoms with E-state index in [9.17, 15) is 14.9 Å². The van der Waals surface area contributed by atoms with Crippen molar-refractivity contribution in [2.75, 3.05) is 12.3 Å². The minimum atomic E-state index is -0.510. The Morgan fingerprint density at radius 2 is 2.00 bits per heavy atom. The van der Waals surface area contributed by atoms with Crippen LogP contribution in [0.1, 0.15) is 12.5 Å². The summed E-state index contributed by atoms with van der Waals surface area (Å²) in [6.45, 7) is 1.48. The first-order valence-corrected chi connectivity index (χ1v) is 7.02. The molecule has 0 aromatic heterocycles. The molecular weight excluding hydrogens is 312 g/mol. The lowest BCUT2D eigenvalue weighted by Crippen LogP contribution is -2.25. The number of rotatable bonds is 6. The molecule has 0 heterocycles. The van der Waals surface area contributed by atoms with E-state index in [2.05, 4.69) is 10.5 Å². The van der Waals surface area contributed by atoms with E-state index in [1.165, 1.54) is 24.3 Å². The highest BCUT2D eigenvalue weighted by atomic mass is 16.6. The molecule has 24 heavy (non-hydrogen) atoms. The number of nitro groups is 1. The first-order chi connectivity index (χ1) is 11.5. The molecule has 8 nitrogen and oxygen atoms in total. The number of nitrogens with zero attached hydrogens (tertiary/aromatic N) is 2. The van der Waals surface area contributed by atoms with Gasteiger partial charge in [-0.3, -0.25) is 14.9 Å². The first kappa shape index (κ1) is 16.9. The molecule has 0 radical (unpaired) electrons. The lowest BCUT2D eigenvalue weighted by atomic mass is 10.1. The maximum atomic E-state index is 11.7. The van der Waals surface area contributed by atoms with Crippen LogP contribution in [-0.2, 0) is 4.79 Å². The Labute approximate surface area is 138 Å². The molecule has 1 amide bonds. The van der Waals surface area contributed by atoms with Crippen LogP contribution in [0.3, 0.4) is 0 Å².